The van der Waals surface area contributed by atoms with E-state index in [1.165, 1.54) is 38.6 Å². The van der Waals surface area contributed by atoms with E-state index in [-0.39, 0.29) is 0 Å². The molecule has 3 heteroatoms. The van der Waals surface area contributed by atoms with Gasteiger partial charge in [-0.25, -0.2) is 0 Å². The first-order valence-corrected chi connectivity index (χ1v) is 7.27. The molecule has 0 radical (unpaired) electrons. The highest BCUT2D eigenvalue weighted by Crippen LogP contribution is 2.28. The topological polar surface area (TPSA) is 21.3 Å². The molecule has 2 nitrogen and oxygen atoms in total. The Bertz CT molecular complexity index is 155. The third kappa shape index (κ3) is 5.23. The Hall–Kier alpha value is 0.270. The summed E-state index contributed by atoms with van der Waals surface area (Å²) in [5.41, 5.74) is 0. The van der Waals surface area contributed by atoms with Gasteiger partial charge in [0.2, 0.25) is 0 Å². The lowest BCUT2D eigenvalue weighted by Gasteiger charge is -2.31. The van der Waals surface area contributed by atoms with Crippen LogP contribution >= 0.6 is 11.8 Å². The van der Waals surface area contributed by atoms with Gasteiger partial charge in [-0.3, -0.25) is 0 Å². The van der Waals surface area contributed by atoms with Crippen LogP contribution in [0, 0.1) is 0 Å². The SMILES string of the molecule is CCCNC1CCCCC1SCCOC. The molecular weight excluding hydrogens is 206 g/mol. The average molecular weight is 231 g/mol. The van der Waals surface area contributed by atoms with E-state index in [4.69, 9.17) is 4.74 Å². The minimum absolute atomic E-state index is 0.751. The van der Waals surface area contributed by atoms with Crippen LogP contribution in [0.15, 0.2) is 0 Å². The first-order valence-electron chi connectivity index (χ1n) is 6.22. The van der Waals surface area contributed by atoms with Crippen LogP contribution in [-0.4, -0.2) is 37.3 Å². The molecule has 1 aliphatic carbocycles. The highest BCUT2D eigenvalue weighted by Gasteiger charge is 2.24. The molecule has 0 bridgehead atoms. The summed E-state index contributed by atoms with van der Waals surface area (Å²) >= 11 is 2.09. The summed E-state index contributed by atoms with van der Waals surface area (Å²) in [5, 5.41) is 4.51. The van der Waals surface area contributed by atoms with Crippen molar-refractivity contribution in [2.75, 3.05) is 26.0 Å². The standard InChI is InChI=1S/C12H25NOS/c1-3-8-13-11-6-4-5-7-12(11)15-10-9-14-2/h11-13H,3-10H2,1-2H3. The number of nitrogens with one attached hydrogen (secondary N) is 1. The predicted molar refractivity (Wildman–Crippen MR) is 68.7 cm³/mol. The maximum atomic E-state index is 5.11. The average Bonchev–Trinajstić information content (AvgIpc) is 2.28. The van der Waals surface area contributed by atoms with E-state index in [9.17, 15) is 0 Å². The number of hydrogen-bond donors (Lipinski definition) is 1. The molecule has 0 aromatic carbocycles. The van der Waals surface area contributed by atoms with Gasteiger partial charge in [-0.1, -0.05) is 19.8 Å². The predicted octanol–water partition coefficient (Wildman–Crippen LogP) is 2.68. The fourth-order valence-corrected chi connectivity index (χ4v) is 3.51. The zero-order valence-corrected chi connectivity index (χ0v) is 10.9. The highest BCUT2D eigenvalue weighted by atomic mass is 32.2. The van der Waals surface area contributed by atoms with Crippen molar-refractivity contribution in [2.24, 2.45) is 0 Å². The van der Waals surface area contributed by atoms with Crippen molar-refractivity contribution in [3.63, 3.8) is 0 Å². The first kappa shape index (κ1) is 13.3. The highest BCUT2D eigenvalue weighted by molar-refractivity contribution is 7.99. The number of ether oxygens (including phenoxy) is 1. The second kappa shape index (κ2) is 8.43. The molecule has 2 atom stereocenters. The molecule has 2 unspecified atom stereocenters. The van der Waals surface area contributed by atoms with Gasteiger partial charge in [-0.05, 0) is 25.8 Å². The van der Waals surface area contributed by atoms with Gasteiger partial charge in [0.05, 0.1) is 6.61 Å². The van der Waals surface area contributed by atoms with Crippen LogP contribution in [0.25, 0.3) is 0 Å². The van der Waals surface area contributed by atoms with Crippen molar-refractivity contribution in [3.05, 3.63) is 0 Å². The van der Waals surface area contributed by atoms with Gasteiger partial charge in [-0.15, -0.1) is 0 Å². The van der Waals surface area contributed by atoms with E-state index >= 15 is 0 Å². The number of rotatable bonds is 7. The summed E-state index contributed by atoms with van der Waals surface area (Å²) < 4.78 is 5.11. The van der Waals surface area contributed by atoms with Crippen LogP contribution in [0.5, 0.6) is 0 Å². The van der Waals surface area contributed by atoms with Crippen LogP contribution in [0.4, 0.5) is 0 Å². The summed E-state index contributed by atoms with van der Waals surface area (Å²) in [6.45, 7) is 4.30. The van der Waals surface area contributed by atoms with Gasteiger partial charge < -0.3 is 10.1 Å². The van der Waals surface area contributed by atoms with E-state index in [0.717, 1.165) is 23.7 Å². The minimum atomic E-state index is 0.751. The Balaban J connectivity index is 2.22. The van der Waals surface area contributed by atoms with Crippen molar-refractivity contribution < 1.29 is 4.74 Å². The van der Waals surface area contributed by atoms with Crippen LogP contribution < -0.4 is 5.32 Å². The molecule has 0 aromatic heterocycles. The number of methoxy groups -OCH3 is 1. The van der Waals surface area contributed by atoms with Crippen molar-refractivity contribution in [3.8, 4) is 0 Å². The number of hydrogen-bond acceptors (Lipinski definition) is 3. The van der Waals surface area contributed by atoms with Crippen molar-refractivity contribution in [2.45, 2.75) is 50.3 Å². The summed E-state index contributed by atoms with van der Waals surface area (Å²) in [4.78, 5) is 0. The van der Waals surface area contributed by atoms with Crippen LogP contribution in [0.1, 0.15) is 39.0 Å². The molecule has 15 heavy (non-hydrogen) atoms. The smallest absolute Gasteiger partial charge is 0.0553 e. The molecule has 0 saturated heterocycles. The van der Waals surface area contributed by atoms with E-state index in [0.29, 0.717) is 0 Å². The number of thioether (sulfide) groups is 1. The van der Waals surface area contributed by atoms with Crippen molar-refractivity contribution in [1.82, 2.24) is 5.32 Å². The molecule has 1 aliphatic rings. The normalized spacial score (nSPS) is 26.8. The molecule has 0 aliphatic heterocycles. The molecule has 1 N–H and O–H groups in total. The largest absolute Gasteiger partial charge is 0.384 e. The van der Waals surface area contributed by atoms with Crippen LogP contribution in [-0.2, 0) is 4.74 Å². The summed E-state index contributed by atoms with van der Waals surface area (Å²) in [5.74, 6) is 1.14. The van der Waals surface area contributed by atoms with E-state index < -0.39 is 0 Å². The second-order valence-corrected chi connectivity index (χ2v) is 5.59. The van der Waals surface area contributed by atoms with Crippen LogP contribution in [0.2, 0.25) is 0 Å². The maximum Gasteiger partial charge on any atom is 0.0553 e. The molecule has 1 saturated carbocycles. The Morgan fingerprint density at radius 2 is 2.13 bits per heavy atom. The second-order valence-electron chi connectivity index (χ2n) is 4.25. The lowest BCUT2D eigenvalue weighted by molar-refractivity contribution is 0.218. The third-order valence-electron chi connectivity index (χ3n) is 2.98. The van der Waals surface area contributed by atoms with Gasteiger partial charge in [0.25, 0.3) is 0 Å². The quantitative estimate of drug-likeness (QED) is 0.681. The van der Waals surface area contributed by atoms with E-state index in [1.54, 1.807) is 7.11 Å². The molecule has 90 valence electrons. The van der Waals surface area contributed by atoms with E-state index in [1.807, 2.05) is 0 Å². The molecule has 1 fully saturated rings. The molecule has 0 heterocycles. The van der Waals surface area contributed by atoms with Gasteiger partial charge in [-0.2, -0.15) is 11.8 Å². The van der Waals surface area contributed by atoms with Crippen LogP contribution in [0.3, 0.4) is 0 Å². The minimum Gasteiger partial charge on any atom is -0.384 e. The lowest BCUT2D eigenvalue weighted by atomic mass is 9.95. The Kier molecular flexibility index (Phi) is 7.49. The molecule has 1 rings (SSSR count). The molecular formula is C12H25NOS. The Morgan fingerprint density at radius 1 is 1.33 bits per heavy atom. The zero-order valence-electron chi connectivity index (χ0n) is 10.1. The van der Waals surface area contributed by atoms with Gasteiger partial charge in [0.1, 0.15) is 0 Å². The first-order chi connectivity index (χ1) is 7.38. The fraction of sp³-hybridized carbons (Fsp3) is 1.00. The Labute approximate surface area is 98.5 Å². The maximum absolute atomic E-state index is 5.11. The zero-order chi connectivity index (χ0) is 10.9. The fourth-order valence-electron chi connectivity index (χ4n) is 2.14. The van der Waals surface area contributed by atoms with Crippen molar-refractivity contribution in [1.29, 1.82) is 0 Å². The third-order valence-corrected chi connectivity index (χ3v) is 4.37. The lowest BCUT2D eigenvalue weighted by Crippen LogP contribution is -2.41. The molecule has 0 aromatic rings. The Morgan fingerprint density at radius 3 is 2.87 bits per heavy atom. The summed E-state index contributed by atoms with van der Waals surface area (Å²) in [6.07, 6.45) is 6.81. The molecule has 0 spiro atoms. The van der Waals surface area contributed by atoms with Gasteiger partial charge in [0.15, 0.2) is 0 Å². The van der Waals surface area contributed by atoms with Crippen molar-refractivity contribution >= 4 is 11.8 Å². The summed E-state index contributed by atoms with van der Waals surface area (Å²) in [6, 6.07) is 0.751. The monoisotopic (exact) mass is 231 g/mol. The van der Waals surface area contributed by atoms with E-state index in [2.05, 4.69) is 24.0 Å². The van der Waals surface area contributed by atoms with Gasteiger partial charge >= 0.3 is 0 Å². The molecule has 0 amide bonds. The summed E-state index contributed by atoms with van der Waals surface area (Å²) in [7, 11) is 1.79. The van der Waals surface area contributed by atoms with Gasteiger partial charge in [0, 0.05) is 24.2 Å².